The highest BCUT2D eigenvalue weighted by molar-refractivity contribution is 6.09. The van der Waals surface area contributed by atoms with E-state index in [9.17, 15) is 14.0 Å². The van der Waals surface area contributed by atoms with Crippen molar-refractivity contribution < 1.29 is 14.0 Å². The van der Waals surface area contributed by atoms with Crippen molar-refractivity contribution in [3.8, 4) is 0 Å². The topological polar surface area (TPSA) is 75.8 Å². The van der Waals surface area contributed by atoms with Gasteiger partial charge in [-0.05, 0) is 41.7 Å². The molecule has 0 unspecified atom stereocenters. The molecule has 1 amide bonds. The molecule has 3 aromatic rings. The summed E-state index contributed by atoms with van der Waals surface area (Å²) in [5.74, 6) is -0.206. The van der Waals surface area contributed by atoms with Gasteiger partial charge in [-0.3, -0.25) is 14.5 Å². The summed E-state index contributed by atoms with van der Waals surface area (Å²) in [5.41, 5.74) is 7.31. The third kappa shape index (κ3) is 4.91. The highest BCUT2D eigenvalue weighted by atomic mass is 19.1. The molecule has 4 rings (SSSR count). The van der Waals surface area contributed by atoms with Crippen LogP contribution in [0, 0.1) is 5.82 Å². The molecule has 0 atom stereocenters. The number of amides is 1. The molecule has 1 heterocycles. The third-order valence-corrected chi connectivity index (χ3v) is 6.12. The van der Waals surface area contributed by atoms with E-state index in [4.69, 9.17) is 10.7 Å². The zero-order valence-electron chi connectivity index (χ0n) is 19.0. The van der Waals surface area contributed by atoms with E-state index in [1.807, 2.05) is 60.7 Å². The Morgan fingerprint density at radius 2 is 1.53 bits per heavy atom. The van der Waals surface area contributed by atoms with Crippen molar-refractivity contribution in [2.75, 3.05) is 6.54 Å². The maximum atomic E-state index is 13.7. The Morgan fingerprint density at radius 1 is 0.882 bits per heavy atom. The number of carbonyl (C=O) groups excluding carboxylic acids is 2. The van der Waals surface area contributed by atoms with Gasteiger partial charge in [0.2, 0.25) is 0 Å². The molecule has 2 N–H and O–H groups in total. The van der Waals surface area contributed by atoms with Crippen LogP contribution in [0.1, 0.15) is 42.4 Å². The number of nitrogens with zero attached hydrogens (tertiary/aromatic N) is 2. The van der Waals surface area contributed by atoms with Crippen molar-refractivity contribution in [1.29, 1.82) is 0 Å². The fourth-order valence-electron chi connectivity index (χ4n) is 4.43. The first-order valence-corrected chi connectivity index (χ1v) is 11.5. The minimum atomic E-state index is -1.19. The molecule has 174 valence electrons. The first kappa shape index (κ1) is 23.4. The number of hydrogen-bond donors (Lipinski definition) is 1. The van der Waals surface area contributed by atoms with Gasteiger partial charge in [-0.15, -0.1) is 0 Å². The van der Waals surface area contributed by atoms with Crippen LogP contribution in [0.2, 0.25) is 0 Å². The van der Waals surface area contributed by atoms with E-state index in [1.54, 1.807) is 17.0 Å². The number of guanidine groups is 1. The SMILES string of the molecule is NC1=NC(c2ccccc2)(c2ccccc2)C(=O)N1CCCCCC(=O)Cc1cccc(F)c1. The number of aliphatic imine (C=N–C) groups is 1. The van der Waals surface area contributed by atoms with Crippen LogP contribution in [0.3, 0.4) is 0 Å². The lowest BCUT2D eigenvalue weighted by Crippen LogP contribution is -2.44. The second-order valence-electron chi connectivity index (χ2n) is 8.53. The van der Waals surface area contributed by atoms with Crippen LogP contribution in [0.4, 0.5) is 4.39 Å². The van der Waals surface area contributed by atoms with Crippen molar-refractivity contribution >= 4 is 17.6 Å². The minimum absolute atomic E-state index is 0.0797. The fraction of sp³-hybridized carbons (Fsp3) is 0.250. The third-order valence-electron chi connectivity index (χ3n) is 6.12. The number of benzene rings is 3. The predicted octanol–water partition coefficient (Wildman–Crippen LogP) is 4.60. The Labute approximate surface area is 199 Å². The summed E-state index contributed by atoms with van der Waals surface area (Å²) in [6.07, 6.45) is 2.84. The molecule has 0 bridgehead atoms. The summed E-state index contributed by atoms with van der Waals surface area (Å²) >= 11 is 0. The van der Waals surface area contributed by atoms with Crippen molar-refractivity contribution in [2.45, 2.75) is 37.6 Å². The highest BCUT2D eigenvalue weighted by Crippen LogP contribution is 2.39. The smallest absolute Gasteiger partial charge is 0.266 e. The number of unbranched alkanes of at least 4 members (excludes halogenated alkanes) is 2. The van der Waals surface area contributed by atoms with Crippen molar-refractivity contribution in [1.82, 2.24) is 4.90 Å². The molecular weight excluding hydrogens is 429 g/mol. The van der Waals surface area contributed by atoms with Crippen molar-refractivity contribution in [3.05, 3.63) is 107 Å². The highest BCUT2D eigenvalue weighted by Gasteiger charge is 2.50. The standard InChI is InChI=1S/C28H28FN3O2/c29-24-16-10-11-21(19-24)20-25(33)17-8-3-9-18-32-26(34)28(31-27(32)30,22-12-4-1-5-13-22)23-14-6-2-7-15-23/h1-2,4-7,10-16,19H,3,8-9,17-18,20H2,(H2,30,31). The molecular formula is C28H28FN3O2. The van der Waals surface area contributed by atoms with Gasteiger partial charge >= 0.3 is 0 Å². The molecule has 1 aliphatic heterocycles. The van der Waals surface area contributed by atoms with Gasteiger partial charge in [0.05, 0.1) is 0 Å². The molecule has 1 aliphatic rings. The van der Waals surface area contributed by atoms with Gasteiger partial charge in [0.25, 0.3) is 5.91 Å². The average Bonchev–Trinajstić information content (AvgIpc) is 3.10. The zero-order chi connectivity index (χ0) is 24.0. The van der Waals surface area contributed by atoms with E-state index < -0.39 is 5.54 Å². The van der Waals surface area contributed by atoms with Crippen LogP contribution in [0.5, 0.6) is 0 Å². The van der Waals surface area contributed by atoms with E-state index in [0.717, 1.165) is 17.5 Å². The van der Waals surface area contributed by atoms with Gasteiger partial charge in [-0.2, -0.15) is 0 Å². The first-order valence-electron chi connectivity index (χ1n) is 11.5. The summed E-state index contributed by atoms with van der Waals surface area (Å²) < 4.78 is 13.3. The molecule has 0 aliphatic carbocycles. The second kappa shape index (κ2) is 10.4. The van der Waals surface area contributed by atoms with Gasteiger partial charge in [-0.25, -0.2) is 9.38 Å². The molecule has 34 heavy (non-hydrogen) atoms. The van der Waals surface area contributed by atoms with Crippen molar-refractivity contribution in [2.24, 2.45) is 10.7 Å². The molecule has 0 saturated carbocycles. The number of nitrogens with two attached hydrogens (primary N) is 1. The van der Waals surface area contributed by atoms with Gasteiger partial charge in [-0.1, -0.05) is 79.2 Å². The number of rotatable bonds is 10. The molecule has 0 saturated heterocycles. The number of halogens is 1. The van der Waals surface area contributed by atoms with Gasteiger partial charge in [0.1, 0.15) is 11.6 Å². The first-order chi connectivity index (χ1) is 16.5. The summed E-state index contributed by atoms with van der Waals surface area (Å²) in [4.78, 5) is 32.1. The number of Topliss-reactive ketones (excluding diaryl/α,β-unsaturated/α-hetero) is 1. The molecule has 0 spiro atoms. The normalized spacial score (nSPS) is 14.8. The monoisotopic (exact) mass is 457 g/mol. The molecule has 6 heteroatoms. The van der Waals surface area contributed by atoms with Crippen LogP contribution >= 0.6 is 0 Å². The maximum Gasteiger partial charge on any atom is 0.266 e. The van der Waals surface area contributed by atoms with E-state index >= 15 is 0 Å². The fourth-order valence-corrected chi connectivity index (χ4v) is 4.43. The van der Waals surface area contributed by atoms with Crippen molar-refractivity contribution in [3.63, 3.8) is 0 Å². The molecule has 3 aromatic carbocycles. The molecule has 5 nitrogen and oxygen atoms in total. The van der Waals surface area contributed by atoms with Gasteiger partial charge in [0, 0.05) is 19.4 Å². The molecule has 0 aromatic heterocycles. The summed E-state index contributed by atoms with van der Waals surface area (Å²) in [7, 11) is 0. The Kier molecular flexibility index (Phi) is 7.16. The van der Waals surface area contributed by atoms with Crippen LogP contribution in [0.15, 0.2) is 89.9 Å². The van der Waals surface area contributed by atoms with E-state index in [0.29, 0.717) is 31.4 Å². The second-order valence-corrected chi connectivity index (χ2v) is 8.53. The predicted molar refractivity (Wildman–Crippen MR) is 131 cm³/mol. The lowest BCUT2D eigenvalue weighted by Gasteiger charge is -2.27. The van der Waals surface area contributed by atoms with Gasteiger partial charge in [0.15, 0.2) is 11.5 Å². The Morgan fingerprint density at radius 3 is 2.15 bits per heavy atom. The lowest BCUT2D eigenvalue weighted by molar-refractivity contribution is -0.130. The van der Waals surface area contributed by atoms with E-state index in [-0.39, 0.29) is 29.9 Å². The zero-order valence-corrected chi connectivity index (χ0v) is 19.0. The molecule has 0 radical (unpaired) electrons. The minimum Gasteiger partial charge on any atom is -0.369 e. The molecule has 0 fully saturated rings. The van der Waals surface area contributed by atoms with Crippen LogP contribution < -0.4 is 5.73 Å². The van der Waals surface area contributed by atoms with E-state index in [1.165, 1.54) is 12.1 Å². The summed E-state index contributed by atoms with van der Waals surface area (Å²) in [6.45, 7) is 0.438. The van der Waals surface area contributed by atoms with Crippen LogP contribution in [-0.2, 0) is 21.5 Å². The Bertz CT molecular complexity index is 1140. The number of carbonyl (C=O) groups is 2. The average molecular weight is 458 g/mol. The number of ketones is 1. The van der Waals surface area contributed by atoms with Crippen LogP contribution in [-0.4, -0.2) is 29.1 Å². The summed E-state index contributed by atoms with van der Waals surface area (Å²) in [6, 6.07) is 25.1. The van der Waals surface area contributed by atoms with Crippen LogP contribution in [0.25, 0.3) is 0 Å². The quantitative estimate of drug-likeness (QED) is 0.452. The lowest BCUT2D eigenvalue weighted by atomic mass is 9.83. The number of hydrogen-bond acceptors (Lipinski definition) is 4. The maximum absolute atomic E-state index is 13.7. The van der Waals surface area contributed by atoms with E-state index in [2.05, 4.69) is 0 Å². The Balaban J connectivity index is 1.36. The summed E-state index contributed by atoms with van der Waals surface area (Å²) in [5, 5.41) is 0. The largest absolute Gasteiger partial charge is 0.369 e. The van der Waals surface area contributed by atoms with Gasteiger partial charge < -0.3 is 5.73 Å². The Hall–Kier alpha value is -3.80.